The van der Waals surface area contributed by atoms with Gasteiger partial charge < -0.3 is 10.1 Å². The van der Waals surface area contributed by atoms with E-state index >= 15 is 0 Å². The molecule has 16 heavy (non-hydrogen) atoms. The highest BCUT2D eigenvalue weighted by atomic mass is 16.5. The fraction of sp³-hybridized carbons (Fsp3) is 0.462. The SMILES string of the molecule is CCOC(=O)C1(Nc2ccc(C)cc2)CC1. The fourth-order valence-corrected chi connectivity index (χ4v) is 1.69. The minimum atomic E-state index is -0.453. The van der Waals surface area contributed by atoms with Gasteiger partial charge in [-0.1, -0.05) is 17.7 Å². The minimum absolute atomic E-state index is 0.129. The average Bonchev–Trinajstić information content (AvgIpc) is 3.03. The van der Waals surface area contributed by atoms with Gasteiger partial charge >= 0.3 is 5.97 Å². The molecule has 0 spiro atoms. The van der Waals surface area contributed by atoms with Gasteiger partial charge in [0.25, 0.3) is 0 Å². The number of ether oxygens (including phenoxy) is 1. The van der Waals surface area contributed by atoms with Crippen molar-refractivity contribution >= 4 is 11.7 Å². The van der Waals surface area contributed by atoms with Crippen LogP contribution in [0.15, 0.2) is 24.3 Å². The van der Waals surface area contributed by atoms with Crippen molar-refractivity contribution in [2.24, 2.45) is 0 Å². The molecule has 0 aromatic heterocycles. The van der Waals surface area contributed by atoms with Crippen molar-refractivity contribution in [1.29, 1.82) is 0 Å². The molecule has 0 saturated heterocycles. The van der Waals surface area contributed by atoms with E-state index in [-0.39, 0.29) is 5.97 Å². The third-order valence-corrected chi connectivity index (χ3v) is 2.85. The molecule has 1 aliphatic rings. The topological polar surface area (TPSA) is 38.3 Å². The zero-order valence-electron chi connectivity index (χ0n) is 9.75. The van der Waals surface area contributed by atoms with Gasteiger partial charge in [0, 0.05) is 5.69 Å². The Labute approximate surface area is 95.8 Å². The number of rotatable bonds is 4. The van der Waals surface area contributed by atoms with Crippen LogP contribution in [0.25, 0.3) is 0 Å². The Kier molecular flexibility index (Phi) is 2.86. The molecule has 3 nitrogen and oxygen atoms in total. The lowest BCUT2D eigenvalue weighted by Crippen LogP contribution is -2.33. The van der Waals surface area contributed by atoms with E-state index in [4.69, 9.17) is 4.74 Å². The molecule has 0 atom stereocenters. The molecule has 0 bridgehead atoms. The molecule has 1 saturated carbocycles. The lowest BCUT2D eigenvalue weighted by molar-refractivity contribution is -0.145. The second-order valence-electron chi connectivity index (χ2n) is 4.29. The van der Waals surface area contributed by atoms with E-state index in [1.807, 2.05) is 38.1 Å². The molecule has 1 fully saturated rings. The third-order valence-electron chi connectivity index (χ3n) is 2.85. The van der Waals surface area contributed by atoms with Crippen LogP contribution in [-0.4, -0.2) is 18.1 Å². The Morgan fingerprint density at radius 2 is 2.00 bits per heavy atom. The normalized spacial score (nSPS) is 16.6. The maximum absolute atomic E-state index is 11.7. The van der Waals surface area contributed by atoms with E-state index in [2.05, 4.69) is 5.32 Å². The van der Waals surface area contributed by atoms with Crippen molar-refractivity contribution in [2.75, 3.05) is 11.9 Å². The summed E-state index contributed by atoms with van der Waals surface area (Å²) in [6.07, 6.45) is 1.72. The molecular formula is C13H17NO2. The fourth-order valence-electron chi connectivity index (χ4n) is 1.69. The molecule has 0 aliphatic heterocycles. The molecular weight excluding hydrogens is 202 g/mol. The zero-order valence-corrected chi connectivity index (χ0v) is 9.75. The monoisotopic (exact) mass is 219 g/mol. The number of carbonyl (C=O) groups is 1. The van der Waals surface area contributed by atoms with Gasteiger partial charge in [-0.25, -0.2) is 4.79 Å². The number of hydrogen-bond acceptors (Lipinski definition) is 3. The van der Waals surface area contributed by atoms with E-state index in [1.54, 1.807) is 0 Å². The lowest BCUT2D eigenvalue weighted by Gasteiger charge is -2.17. The molecule has 2 rings (SSSR count). The number of esters is 1. The summed E-state index contributed by atoms with van der Waals surface area (Å²) in [5, 5.41) is 3.27. The Morgan fingerprint density at radius 1 is 1.38 bits per heavy atom. The van der Waals surface area contributed by atoms with Crippen LogP contribution in [0.2, 0.25) is 0 Å². The first-order valence-electron chi connectivity index (χ1n) is 5.68. The van der Waals surface area contributed by atoms with Crippen LogP contribution in [-0.2, 0) is 9.53 Å². The first kappa shape index (κ1) is 11.0. The van der Waals surface area contributed by atoms with Crippen LogP contribution in [0.1, 0.15) is 25.3 Å². The Hall–Kier alpha value is -1.51. The van der Waals surface area contributed by atoms with E-state index < -0.39 is 5.54 Å². The molecule has 0 heterocycles. The van der Waals surface area contributed by atoms with Crippen molar-refractivity contribution in [2.45, 2.75) is 32.2 Å². The van der Waals surface area contributed by atoms with E-state index in [1.165, 1.54) is 5.56 Å². The number of aryl methyl sites for hydroxylation is 1. The van der Waals surface area contributed by atoms with Gasteiger partial charge in [-0.05, 0) is 38.8 Å². The van der Waals surface area contributed by atoms with E-state index in [0.717, 1.165) is 18.5 Å². The average molecular weight is 219 g/mol. The number of hydrogen-bond donors (Lipinski definition) is 1. The van der Waals surface area contributed by atoms with Crippen LogP contribution in [0.3, 0.4) is 0 Å². The first-order valence-corrected chi connectivity index (χ1v) is 5.68. The highest BCUT2D eigenvalue weighted by Crippen LogP contribution is 2.40. The van der Waals surface area contributed by atoms with Crippen molar-refractivity contribution in [1.82, 2.24) is 0 Å². The summed E-state index contributed by atoms with van der Waals surface area (Å²) in [6, 6.07) is 8.05. The number of anilines is 1. The standard InChI is InChI=1S/C13H17NO2/c1-3-16-12(15)13(8-9-13)14-11-6-4-10(2)5-7-11/h4-7,14H,3,8-9H2,1-2H3. The van der Waals surface area contributed by atoms with Crippen molar-refractivity contribution < 1.29 is 9.53 Å². The summed E-state index contributed by atoms with van der Waals surface area (Å²) in [5.41, 5.74) is 1.74. The van der Waals surface area contributed by atoms with Gasteiger partial charge in [-0.3, -0.25) is 0 Å². The summed E-state index contributed by atoms with van der Waals surface area (Å²) >= 11 is 0. The zero-order chi connectivity index (χ0) is 11.6. The van der Waals surface area contributed by atoms with Gasteiger partial charge in [0.2, 0.25) is 0 Å². The highest BCUT2D eigenvalue weighted by Gasteiger charge is 2.51. The number of carbonyl (C=O) groups excluding carboxylic acids is 1. The molecule has 1 aromatic rings. The number of benzene rings is 1. The second-order valence-corrected chi connectivity index (χ2v) is 4.29. The Bertz CT molecular complexity index is 379. The van der Waals surface area contributed by atoms with Crippen LogP contribution in [0.4, 0.5) is 5.69 Å². The highest BCUT2D eigenvalue weighted by molar-refractivity contribution is 5.88. The maximum atomic E-state index is 11.7. The third kappa shape index (κ3) is 2.18. The molecule has 1 aliphatic carbocycles. The van der Waals surface area contributed by atoms with Crippen molar-refractivity contribution in [3.8, 4) is 0 Å². The minimum Gasteiger partial charge on any atom is -0.464 e. The predicted octanol–water partition coefficient (Wildman–Crippen LogP) is 2.50. The van der Waals surface area contributed by atoms with E-state index in [9.17, 15) is 4.79 Å². The lowest BCUT2D eigenvalue weighted by atomic mass is 10.2. The molecule has 86 valence electrons. The second kappa shape index (κ2) is 4.16. The summed E-state index contributed by atoms with van der Waals surface area (Å²) in [5.74, 6) is -0.129. The first-order chi connectivity index (χ1) is 7.66. The molecule has 0 amide bonds. The van der Waals surface area contributed by atoms with Crippen LogP contribution in [0.5, 0.6) is 0 Å². The molecule has 0 unspecified atom stereocenters. The van der Waals surface area contributed by atoms with Crippen LogP contribution in [0, 0.1) is 6.92 Å². The molecule has 0 radical (unpaired) electrons. The Balaban J connectivity index is 2.04. The van der Waals surface area contributed by atoms with Crippen LogP contribution < -0.4 is 5.32 Å². The molecule has 1 aromatic carbocycles. The van der Waals surface area contributed by atoms with Gasteiger partial charge in [0.1, 0.15) is 5.54 Å². The van der Waals surface area contributed by atoms with Gasteiger partial charge in [-0.2, -0.15) is 0 Å². The van der Waals surface area contributed by atoms with Crippen molar-refractivity contribution in [3.05, 3.63) is 29.8 Å². The summed E-state index contributed by atoms with van der Waals surface area (Å²) < 4.78 is 5.06. The van der Waals surface area contributed by atoms with Crippen LogP contribution >= 0.6 is 0 Å². The Morgan fingerprint density at radius 3 is 2.50 bits per heavy atom. The summed E-state index contributed by atoms with van der Waals surface area (Å²) in [6.45, 7) is 4.32. The molecule has 1 N–H and O–H groups in total. The summed E-state index contributed by atoms with van der Waals surface area (Å²) in [4.78, 5) is 11.7. The largest absolute Gasteiger partial charge is 0.464 e. The summed E-state index contributed by atoms with van der Waals surface area (Å²) in [7, 11) is 0. The van der Waals surface area contributed by atoms with E-state index in [0.29, 0.717) is 6.61 Å². The quantitative estimate of drug-likeness (QED) is 0.791. The van der Waals surface area contributed by atoms with Gasteiger partial charge in [0.15, 0.2) is 0 Å². The van der Waals surface area contributed by atoms with Gasteiger partial charge in [-0.15, -0.1) is 0 Å². The maximum Gasteiger partial charge on any atom is 0.331 e. The molecule has 3 heteroatoms. The smallest absolute Gasteiger partial charge is 0.331 e. The number of nitrogens with one attached hydrogen (secondary N) is 1. The predicted molar refractivity (Wildman–Crippen MR) is 63.4 cm³/mol. The van der Waals surface area contributed by atoms with Gasteiger partial charge in [0.05, 0.1) is 6.61 Å². The van der Waals surface area contributed by atoms with Crippen molar-refractivity contribution in [3.63, 3.8) is 0 Å².